The first-order valence-electron chi connectivity index (χ1n) is 4.84. The maximum absolute atomic E-state index is 5.76. The van der Waals surface area contributed by atoms with Crippen LogP contribution in [-0.4, -0.2) is 38.4 Å². The van der Waals surface area contributed by atoms with Crippen molar-refractivity contribution in [1.82, 2.24) is 4.90 Å². The van der Waals surface area contributed by atoms with Gasteiger partial charge < -0.3 is 15.4 Å². The summed E-state index contributed by atoms with van der Waals surface area (Å²) in [4.78, 5) is 3.32. The van der Waals surface area contributed by atoms with Gasteiger partial charge in [-0.15, -0.1) is 11.8 Å². The van der Waals surface area contributed by atoms with E-state index in [0.717, 1.165) is 28.6 Å². The van der Waals surface area contributed by atoms with Gasteiger partial charge in [-0.1, -0.05) is 0 Å². The van der Waals surface area contributed by atoms with E-state index in [-0.39, 0.29) is 0 Å². The lowest BCUT2D eigenvalue weighted by molar-refractivity contribution is 0.414. The number of ether oxygens (including phenoxy) is 1. The van der Waals surface area contributed by atoms with Gasteiger partial charge in [0.1, 0.15) is 5.75 Å². The number of benzene rings is 1. The highest BCUT2D eigenvalue weighted by Gasteiger charge is 2.00. The highest BCUT2D eigenvalue weighted by atomic mass is 32.2. The topological polar surface area (TPSA) is 38.5 Å². The van der Waals surface area contributed by atoms with Crippen LogP contribution in [0.4, 0.5) is 5.69 Å². The molecule has 0 bridgehead atoms. The number of hydrogen-bond donors (Lipinski definition) is 1. The van der Waals surface area contributed by atoms with Crippen LogP contribution < -0.4 is 10.5 Å². The van der Waals surface area contributed by atoms with Crippen LogP contribution in [0.2, 0.25) is 0 Å². The van der Waals surface area contributed by atoms with Crippen LogP contribution in [0, 0.1) is 0 Å². The number of thioether (sulfide) groups is 1. The summed E-state index contributed by atoms with van der Waals surface area (Å²) in [7, 11) is 5.80. The molecule has 0 aromatic heterocycles. The molecular weight excluding hydrogens is 208 g/mol. The maximum atomic E-state index is 5.76. The summed E-state index contributed by atoms with van der Waals surface area (Å²) >= 11 is 1.79. The molecule has 0 saturated heterocycles. The molecule has 0 atom stereocenters. The van der Waals surface area contributed by atoms with E-state index in [1.165, 1.54) is 0 Å². The molecule has 4 heteroatoms. The van der Waals surface area contributed by atoms with Crippen molar-refractivity contribution in [1.29, 1.82) is 0 Å². The van der Waals surface area contributed by atoms with Crippen molar-refractivity contribution in [3.8, 4) is 5.75 Å². The Morgan fingerprint density at radius 1 is 1.33 bits per heavy atom. The van der Waals surface area contributed by atoms with E-state index in [2.05, 4.69) is 19.0 Å². The zero-order chi connectivity index (χ0) is 11.3. The van der Waals surface area contributed by atoms with Crippen LogP contribution >= 0.6 is 11.8 Å². The van der Waals surface area contributed by atoms with Gasteiger partial charge in [0.05, 0.1) is 7.11 Å². The van der Waals surface area contributed by atoms with Gasteiger partial charge >= 0.3 is 0 Å². The second-order valence-corrected chi connectivity index (χ2v) is 4.76. The Morgan fingerprint density at radius 2 is 2.07 bits per heavy atom. The van der Waals surface area contributed by atoms with Crippen LogP contribution in [0.25, 0.3) is 0 Å². The molecule has 0 amide bonds. The molecule has 0 aliphatic carbocycles. The van der Waals surface area contributed by atoms with Crippen LogP contribution in [0.3, 0.4) is 0 Å². The minimum atomic E-state index is 0.752. The third-order valence-corrected chi connectivity index (χ3v) is 2.90. The first kappa shape index (κ1) is 12.2. The maximum Gasteiger partial charge on any atom is 0.122 e. The Morgan fingerprint density at radius 3 is 2.67 bits per heavy atom. The molecule has 0 spiro atoms. The third kappa shape index (κ3) is 4.44. The van der Waals surface area contributed by atoms with Crippen molar-refractivity contribution in [2.24, 2.45) is 0 Å². The van der Waals surface area contributed by atoms with Crippen molar-refractivity contribution in [3.05, 3.63) is 18.2 Å². The highest BCUT2D eigenvalue weighted by molar-refractivity contribution is 7.99. The number of hydrogen-bond acceptors (Lipinski definition) is 4. The van der Waals surface area contributed by atoms with Crippen LogP contribution in [0.1, 0.15) is 0 Å². The van der Waals surface area contributed by atoms with E-state index in [9.17, 15) is 0 Å². The normalized spacial score (nSPS) is 10.7. The fourth-order valence-electron chi connectivity index (χ4n) is 1.14. The molecule has 2 N–H and O–H groups in total. The van der Waals surface area contributed by atoms with E-state index < -0.39 is 0 Å². The van der Waals surface area contributed by atoms with Crippen molar-refractivity contribution >= 4 is 17.4 Å². The first-order valence-corrected chi connectivity index (χ1v) is 5.82. The largest absolute Gasteiger partial charge is 0.497 e. The molecule has 0 fully saturated rings. The molecule has 0 aliphatic rings. The molecule has 84 valence electrons. The number of methoxy groups -OCH3 is 1. The van der Waals surface area contributed by atoms with Crippen LogP contribution in [0.15, 0.2) is 23.1 Å². The summed E-state index contributed by atoms with van der Waals surface area (Å²) in [6, 6.07) is 5.82. The summed E-state index contributed by atoms with van der Waals surface area (Å²) < 4.78 is 5.16. The zero-order valence-electron chi connectivity index (χ0n) is 9.49. The summed E-state index contributed by atoms with van der Waals surface area (Å²) in [6.45, 7) is 1.06. The number of nitrogen functional groups attached to an aromatic ring is 1. The third-order valence-electron chi connectivity index (χ3n) is 1.95. The predicted octanol–water partition coefficient (Wildman–Crippen LogP) is 1.93. The molecule has 0 aliphatic heterocycles. The van der Waals surface area contributed by atoms with Crippen molar-refractivity contribution < 1.29 is 4.74 Å². The zero-order valence-corrected chi connectivity index (χ0v) is 10.3. The van der Waals surface area contributed by atoms with Gasteiger partial charge in [0.25, 0.3) is 0 Å². The van der Waals surface area contributed by atoms with Crippen molar-refractivity contribution in [2.45, 2.75) is 4.90 Å². The lowest BCUT2D eigenvalue weighted by Crippen LogP contribution is -2.14. The van der Waals surface area contributed by atoms with Crippen LogP contribution in [-0.2, 0) is 0 Å². The Labute approximate surface area is 95.6 Å². The second kappa shape index (κ2) is 5.88. The molecule has 0 radical (unpaired) electrons. The quantitative estimate of drug-likeness (QED) is 0.615. The van der Waals surface area contributed by atoms with E-state index in [0.29, 0.717) is 0 Å². The Kier molecular flexibility index (Phi) is 4.78. The number of anilines is 1. The van der Waals surface area contributed by atoms with Crippen LogP contribution in [0.5, 0.6) is 5.75 Å². The molecular formula is C11H18N2OS. The Balaban J connectivity index is 2.56. The molecule has 15 heavy (non-hydrogen) atoms. The fourth-order valence-corrected chi connectivity index (χ4v) is 2.25. The molecule has 1 aromatic carbocycles. The molecule has 1 rings (SSSR count). The average Bonchev–Trinajstić information content (AvgIpc) is 2.16. The van der Waals surface area contributed by atoms with Crippen molar-refractivity contribution in [2.75, 3.05) is 39.2 Å². The van der Waals surface area contributed by atoms with Gasteiger partial charge in [0, 0.05) is 28.9 Å². The summed E-state index contributed by atoms with van der Waals surface area (Å²) in [5.74, 6) is 1.88. The molecule has 3 nitrogen and oxygen atoms in total. The second-order valence-electron chi connectivity index (χ2n) is 3.59. The molecule has 0 unspecified atom stereocenters. The summed E-state index contributed by atoms with van der Waals surface area (Å²) in [6.07, 6.45) is 0. The lowest BCUT2D eigenvalue weighted by atomic mass is 10.3. The smallest absolute Gasteiger partial charge is 0.122 e. The number of nitrogens with two attached hydrogens (primary N) is 1. The molecule has 1 aromatic rings. The number of rotatable bonds is 5. The average molecular weight is 226 g/mol. The SMILES string of the molecule is COc1cc(N)cc(SCCN(C)C)c1. The van der Waals surface area contributed by atoms with Gasteiger partial charge in [-0.2, -0.15) is 0 Å². The van der Waals surface area contributed by atoms with Gasteiger partial charge in [0.2, 0.25) is 0 Å². The standard InChI is InChI=1S/C11H18N2OS/c1-13(2)4-5-15-11-7-9(12)6-10(8-11)14-3/h6-8H,4-5,12H2,1-3H3. The van der Waals surface area contributed by atoms with Gasteiger partial charge in [-0.05, 0) is 26.2 Å². The first-order chi connectivity index (χ1) is 7.11. The van der Waals surface area contributed by atoms with E-state index >= 15 is 0 Å². The van der Waals surface area contributed by atoms with E-state index in [1.54, 1.807) is 18.9 Å². The molecule has 0 heterocycles. The molecule has 0 saturated carbocycles. The van der Waals surface area contributed by atoms with E-state index in [4.69, 9.17) is 10.5 Å². The summed E-state index contributed by atoms with van der Waals surface area (Å²) in [5.41, 5.74) is 6.51. The monoisotopic (exact) mass is 226 g/mol. The highest BCUT2D eigenvalue weighted by Crippen LogP contribution is 2.26. The van der Waals surface area contributed by atoms with E-state index in [1.807, 2.05) is 18.2 Å². The lowest BCUT2D eigenvalue weighted by Gasteiger charge is -2.10. The Bertz CT molecular complexity index is 315. The van der Waals surface area contributed by atoms with Gasteiger partial charge in [-0.3, -0.25) is 0 Å². The van der Waals surface area contributed by atoms with Gasteiger partial charge in [-0.25, -0.2) is 0 Å². The summed E-state index contributed by atoms with van der Waals surface area (Å²) in [5, 5.41) is 0. The number of nitrogens with zero attached hydrogens (tertiary/aromatic N) is 1. The fraction of sp³-hybridized carbons (Fsp3) is 0.455. The van der Waals surface area contributed by atoms with Crippen molar-refractivity contribution in [3.63, 3.8) is 0 Å². The minimum Gasteiger partial charge on any atom is -0.497 e. The Hall–Kier alpha value is -0.870. The van der Waals surface area contributed by atoms with Gasteiger partial charge in [0.15, 0.2) is 0 Å². The minimum absolute atomic E-state index is 0.752. The predicted molar refractivity (Wildman–Crippen MR) is 66.7 cm³/mol.